The summed E-state index contributed by atoms with van der Waals surface area (Å²) in [4.78, 5) is 25.5. The molecule has 0 aromatic heterocycles. The van der Waals surface area contributed by atoms with Gasteiger partial charge in [0.2, 0.25) is 5.91 Å². The van der Waals surface area contributed by atoms with E-state index in [0.717, 1.165) is 23.3 Å². The number of nitrogens with zero attached hydrogens (tertiary/aromatic N) is 1. The number of hydrogen-bond donors (Lipinski definition) is 3. The van der Waals surface area contributed by atoms with Gasteiger partial charge in [0.25, 0.3) is 5.91 Å². The number of aryl methyl sites for hydroxylation is 1. The van der Waals surface area contributed by atoms with E-state index < -0.39 is 18.1 Å². The van der Waals surface area contributed by atoms with Gasteiger partial charge in [-0.3, -0.25) is 9.59 Å². The van der Waals surface area contributed by atoms with Crippen LogP contribution in [0.25, 0.3) is 0 Å². The van der Waals surface area contributed by atoms with Gasteiger partial charge in [0.05, 0.1) is 19.7 Å². The van der Waals surface area contributed by atoms with E-state index in [-0.39, 0.29) is 19.0 Å². The molecule has 1 aliphatic rings. The summed E-state index contributed by atoms with van der Waals surface area (Å²) < 4.78 is 5.26. The molecule has 1 aromatic rings. The topological polar surface area (TPSA) is 105 Å². The minimum Gasteiger partial charge on any atom is -0.496 e. The normalized spacial score (nSPS) is 18.3. The van der Waals surface area contributed by atoms with Crippen molar-refractivity contribution in [2.45, 2.75) is 38.5 Å². The number of likely N-dealkylation sites (tertiary alicyclic amines) is 1. The van der Waals surface area contributed by atoms with Gasteiger partial charge in [0, 0.05) is 13.1 Å². The van der Waals surface area contributed by atoms with Crippen molar-refractivity contribution >= 4 is 11.8 Å². The molecule has 1 unspecified atom stereocenters. The molecule has 1 fully saturated rings. The van der Waals surface area contributed by atoms with E-state index in [1.54, 1.807) is 7.11 Å². The first kappa shape index (κ1) is 18.2. The number of amides is 2. The zero-order valence-electron chi connectivity index (χ0n) is 14.1. The maximum absolute atomic E-state index is 12.2. The molecule has 7 heteroatoms. The van der Waals surface area contributed by atoms with Gasteiger partial charge in [-0.15, -0.1) is 0 Å². The summed E-state index contributed by atoms with van der Waals surface area (Å²) in [6, 6.07) is 5.15. The fraction of sp³-hybridized carbons (Fsp3) is 0.529. The van der Waals surface area contributed by atoms with Gasteiger partial charge in [-0.1, -0.05) is 12.1 Å². The highest BCUT2D eigenvalue weighted by Gasteiger charge is 2.36. The fourth-order valence-corrected chi connectivity index (χ4v) is 2.99. The first-order valence-corrected chi connectivity index (χ1v) is 8.06. The minimum absolute atomic E-state index is 0.117. The molecular weight excluding hydrogens is 310 g/mol. The zero-order valence-corrected chi connectivity index (χ0v) is 14.1. The lowest BCUT2D eigenvalue weighted by Crippen LogP contribution is -2.50. The summed E-state index contributed by atoms with van der Waals surface area (Å²) in [6.07, 6.45) is 0.101. The van der Waals surface area contributed by atoms with Gasteiger partial charge in [0.1, 0.15) is 5.75 Å². The van der Waals surface area contributed by atoms with Crippen molar-refractivity contribution in [3.8, 4) is 5.75 Å². The number of benzene rings is 1. The second-order valence-corrected chi connectivity index (χ2v) is 5.97. The highest BCUT2D eigenvalue weighted by Crippen LogP contribution is 2.21. The lowest BCUT2D eigenvalue weighted by Gasteiger charge is -2.27. The smallest absolute Gasteiger partial charge is 0.251 e. The quantitative estimate of drug-likeness (QED) is 0.675. The van der Waals surface area contributed by atoms with Crippen LogP contribution < -0.4 is 15.8 Å². The number of carbonyl (C=O) groups excluding carboxylic acids is 2. The third-order valence-corrected chi connectivity index (χ3v) is 4.37. The van der Waals surface area contributed by atoms with Gasteiger partial charge in [-0.2, -0.15) is 0 Å². The van der Waals surface area contributed by atoms with Gasteiger partial charge in [-0.25, -0.2) is 0 Å². The van der Waals surface area contributed by atoms with Gasteiger partial charge < -0.3 is 25.8 Å². The molecule has 0 spiro atoms. The molecule has 1 aromatic carbocycles. The Hall–Kier alpha value is -2.12. The predicted molar refractivity (Wildman–Crippen MR) is 89.4 cm³/mol. The van der Waals surface area contributed by atoms with Crippen molar-refractivity contribution < 1.29 is 19.4 Å². The molecule has 2 rings (SSSR count). The lowest BCUT2D eigenvalue weighted by molar-refractivity contribution is -0.138. The molecule has 1 aliphatic heterocycles. The number of hydrogen-bond acceptors (Lipinski definition) is 5. The first-order valence-electron chi connectivity index (χ1n) is 8.06. The average molecular weight is 335 g/mol. The third kappa shape index (κ3) is 4.04. The lowest BCUT2D eigenvalue weighted by atomic mass is 10.1. The van der Waals surface area contributed by atoms with E-state index in [4.69, 9.17) is 10.5 Å². The van der Waals surface area contributed by atoms with E-state index in [2.05, 4.69) is 5.32 Å². The first-order chi connectivity index (χ1) is 11.5. The SMILES string of the molecule is COc1cc(CNC(=O)C(O)[C@@H]2CCCN2C(=O)CN)ccc1C. The van der Waals surface area contributed by atoms with Crippen molar-refractivity contribution in [2.75, 3.05) is 20.2 Å². The van der Waals surface area contributed by atoms with Crippen molar-refractivity contribution in [2.24, 2.45) is 5.73 Å². The Bertz CT molecular complexity index is 605. The molecule has 2 amide bonds. The maximum atomic E-state index is 12.2. The molecule has 1 heterocycles. The monoisotopic (exact) mass is 335 g/mol. The van der Waals surface area contributed by atoms with Crippen molar-refractivity contribution in [3.63, 3.8) is 0 Å². The molecule has 132 valence electrons. The molecule has 7 nitrogen and oxygen atoms in total. The van der Waals surface area contributed by atoms with Crippen LogP contribution in [-0.4, -0.2) is 54.2 Å². The van der Waals surface area contributed by atoms with Gasteiger partial charge in [-0.05, 0) is 37.0 Å². The van der Waals surface area contributed by atoms with Crippen LogP contribution in [0.2, 0.25) is 0 Å². The van der Waals surface area contributed by atoms with Crippen LogP contribution in [0.5, 0.6) is 5.75 Å². The number of aliphatic hydroxyl groups is 1. The predicted octanol–water partition coefficient (Wildman–Crippen LogP) is -0.0696. The Morgan fingerprint density at radius 2 is 2.25 bits per heavy atom. The van der Waals surface area contributed by atoms with E-state index >= 15 is 0 Å². The van der Waals surface area contributed by atoms with E-state index in [9.17, 15) is 14.7 Å². The molecule has 0 radical (unpaired) electrons. The second kappa shape index (κ2) is 8.12. The highest BCUT2D eigenvalue weighted by molar-refractivity contribution is 5.84. The van der Waals surface area contributed by atoms with Crippen LogP contribution in [0.1, 0.15) is 24.0 Å². The van der Waals surface area contributed by atoms with Crippen LogP contribution in [0.15, 0.2) is 18.2 Å². The van der Waals surface area contributed by atoms with E-state index in [0.29, 0.717) is 13.0 Å². The summed E-state index contributed by atoms with van der Waals surface area (Å²) in [5.74, 6) is 0.0155. The standard InChI is InChI=1S/C17H25N3O4/c1-11-5-6-12(8-14(11)24-2)10-19-17(23)16(22)13-4-3-7-20(13)15(21)9-18/h5-6,8,13,16,22H,3-4,7,9-10,18H2,1-2H3,(H,19,23)/t13-,16?/m0/s1. The molecule has 2 atom stereocenters. The van der Waals surface area contributed by atoms with Crippen molar-refractivity contribution in [1.82, 2.24) is 10.2 Å². The van der Waals surface area contributed by atoms with Gasteiger partial charge >= 0.3 is 0 Å². The Morgan fingerprint density at radius 1 is 1.50 bits per heavy atom. The number of ether oxygens (including phenoxy) is 1. The number of nitrogens with two attached hydrogens (primary N) is 1. The molecule has 1 saturated heterocycles. The summed E-state index contributed by atoms with van der Waals surface area (Å²) in [6.45, 7) is 2.63. The van der Waals surface area contributed by atoms with E-state index in [1.807, 2.05) is 25.1 Å². The Kier molecular flexibility index (Phi) is 6.16. The molecule has 0 bridgehead atoms. The van der Waals surface area contributed by atoms with Crippen LogP contribution in [0.3, 0.4) is 0 Å². The van der Waals surface area contributed by atoms with Crippen LogP contribution in [-0.2, 0) is 16.1 Å². The molecule has 24 heavy (non-hydrogen) atoms. The average Bonchev–Trinajstić information content (AvgIpc) is 3.08. The second-order valence-electron chi connectivity index (χ2n) is 5.97. The number of nitrogens with one attached hydrogen (secondary N) is 1. The summed E-state index contributed by atoms with van der Waals surface area (Å²) in [7, 11) is 1.59. The van der Waals surface area contributed by atoms with Crippen LogP contribution in [0.4, 0.5) is 0 Å². The fourth-order valence-electron chi connectivity index (χ4n) is 2.99. The Labute approximate surface area is 141 Å². The maximum Gasteiger partial charge on any atom is 0.251 e. The third-order valence-electron chi connectivity index (χ3n) is 4.37. The number of methoxy groups -OCH3 is 1. The number of aliphatic hydroxyl groups excluding tert-OH is 1. The Morgan fingerprint density at radius 3 is 2.92 bits per heavy atom. The van der Waals surface area contributed by atoms with Gasteiger partial charge in [0.15, 0.2) is 6.10 Å². The zero-order chi connectivity index (χ0) is 17.7. The molecule has 0 aliphatic carbocycles. The summed E-state index contributed by atoms with van der Waals surface area (Å²) in [5.41, 5.74) is 7.26. The van der Waals surface area contributed by atoms with Crippen LogP contribution in [0, 0.1) is 6.92 Å². The summed E-state index contributed by atoms with van der Waals surface area (Å²) >= 11 is 0. The van der Waals surface area contributed by atoms with E-state index in [1.165, 1.54) is 4.90 Å². The largest absolute Gasteiger partial charge is 0.496 e. The summed E-state index contributed by atoms with van der Waals surface area (Å²) in [5, 5.41) is 13.0. The number of rotatable bonds is 6. The molecule has 4 N–H and O–H groups in total. The molecular formula is C17H25N3O4. The minimum atomic E-state index is -1.25. The highest BCUT2D eigenvalue weighted by atomic mass is 16.5. The Balaban J connectivity index is 1.95. The number of carbonyl (C=O) groups is 2. The molecule has 0 saturated carbocycles. The van der Waals surface area contributed by atoms with Crippen molar-refractivity contribution in [3.05, 3.63) is 29.3 Å². The van der Waals surface area contributed by atoms with Crippen molar-refractivity contribution in [1.29, 1.82) is 0 Å². The van der Waals surface area contributed by atoms with Crippen LogP contribution >= 0.6 is 0 Å².